The normalized spacial score (nSPS) is 12.2. The second-order valence-corrected chi connectivity index (χ2v) is 7.62. The number of nitrogens with zero attached hydrogens (tertiary/aromatic N) is 2. The molecule has 0 N–H and O–H groups in total. The zero-order valence-corrected chi connectivity index (χ0v) is 13.1. The molecule has 20 heavy (non-hydrogen) atoms. The molecule has 0 aliphatic heterocycles. The molecule has 1 heterocycles. The molecule has 4 nitrogen and oxygen atoms in total. The lowest BCUT2D eigenvalue weighted by Gasteiger charge is -2.17. The lowest BCUT2D eigenvalue weighted by molar-refractivity contribution is 0.346. The van der Waals surface area contributed by atoms with Crippen molar-refractivity contribution >= 4 is 32.3 Å². The first-order chi connectivity index (χ1) is 9.35. The predicted molar refractivity (Wildman–Crippen MR) is 82.8 cm³/mol. The van der Waals surface area contributed by atoms with Crippen LogP contribution in [0.5, 0.6) is 0 Å². The van der Waals surface area contributed by atoms with Crippen LogP contribution in [0.4, 0.5) is 0 Å². The molecular weight excluding hydrogens is 296 g/mol. The fourth-order valence-corrected chi connectivity index (χ4v) is 2.79. The molecule has 0 unspecified atom stereocenters. The summed E-state index contributed by atoms with van der Waals surface area (Å²) in [5.41, 5.74) is 1.77. The zero-order chi connectivity index (χ0) is 14.8. The molecule has 0 radical (unpaired) electrons. The molecule has 2 rings (SSSR count). The van der Waals surface area contributed by atoms with E-state index in [1.165, 1.54) is 6.26 Å². The van der Waals surface area contributed by atoms with Crippen LogP contribution in [0.25, 0.3) is 10.9 Å². The summed E-state index contributed by atoms with van der Waals surface area (Å²) in [7, 11) is -1.07. The van der Waals surface area contributed by atoms with Crippen molar-refractivity contribution in [3.05, 3.63) is 41.0 Å². The molecule has 0 amide bonds. The van der Waals surface area contributed by atoms with Gasteiger partial charge in [0.1, 0.15) is 15.0 Å². The van der Waals surface area contributed by atoms with Gasteiger partial charge in [0, 0.05) is 30.3 Å². The molecule has 0 saturated carbocycles. The molecule has 0 aliphatic rings. The highest BCUT2D eigenvalue weighted by molar-refractivity contribution is 7.90. The first kappa shape index (κ1) is 15.2. The van der Waals surface area contributed by atoms with Gasteiger partial charge < -0.3 is 4.90 Å². The van der Waals surface area contributed by atoms with E-state index in [1.807, 2.05) is 42.3 Å². The van der Waals surface area contributed by atoms with Crippen molar-refractivity contribution in [3.8, 4) is 0 Å². The molecule has 0 aliphatic carbocycles. The molecular formula is C14H17ClN2O2S. The molecule has 0 atom stereocenters. The Morgan fingerprint density at radius 3 is 2.70 bits per heavy atom. The molecule has 0 fully saturated rings. The lowest BCUT2D eigenvalue weighted by Crippen LogP contribution is -2.25. The second-order valence-electron chi connectivity index (χ2n) is 5.00. The Balaban J connectivity index is 2.14. The van der Waals surface area contributed by atoms with Crippen LogP contribution in [0.3, 0.4) is 0 Å². The fraction of sp³-hybridized carbons (Fsp3) is 0.357. The van der Waals surface area contributed by atoms with E-state index in [0.717, 1.165) is 16.5 Å². The van der Waals surface area contributed by atoms with E-state index in [2.05, 4.69) is 4.98 Å². The minimum absolute atomic E-state index is 0.141. The Labute approximate surface area is 124 Å². The van der Waals surface area contributed by atoms with Gasteiger partial charge in [-0.25, -0.2) is 13.4 Å². The van der Waals surface area contributed by atoms with E-state index >= 15 is 0 Å². The summed E-state index contributed by atoms with van der Waals surface area (Å²) in [6.45, 7) is 1.05. The number of para-hydroxylation sites is 1. The summed E-state index contributed by atoms with van der Waals surface area (Å²) >= 11 is 6.18. The van der Waals surface area contributed by atoms with Crippen molar-refractivity contribution in [2.75, 3.05) is 25.6 Å². The molecule has 1 aromatic heterocycles. The standard InChI is InChI=1S/C14H17ClN2O2S/c1-17(7-8-20(2,18)19)10-12-9-11-5-3-4-6-13(11)16-14(12)15/h3-6,9H,7-8,10H2,1-2H3. The van der Waals surface area contributed by atoms with Crippen molar-refractivity contribution in [1.29, 1.82) is 0 Å². The van der Waals surface area contributed by atoms with Crippen LogP contribution in [-0.2, 0) is 16.4 Å². The molecule has 0 saturated heterocycles. The van der Waals surface area contributed by atoms with Crippen molar-refractivity contribution in [2.24, 2.45) is 0 Å². The Hall–Kier alpha value is -1.17. The largest absolute Gasteiger partial charge is 0.301 e. The van der Waals surface area contributed by atoms with Crippen LogP contribution in [0.2, 0.25) is 5.15 Å². The quantitative estimate of drug-likeness (QED) is 0.795. The van der Waals surface area contributed by atoms with E-state index in [1.54, 1.807) is 0 Å². The third-order valence-electron chi connectivity index (χ3n) is 3.03. The van der Waals surface area contributed by atoms with Gasteiger partial charge in [-0.05, 0) is 19.2 Å². The van der Waals surface area contributed by atoms with Crippen LogP contribution < -0.4 is 0 Å². The SMILES string of the molecule is CN(CCS(C)(=O)=O)Cc1cc2ccccc2nc1Cl. The maximum atomic E-state index is 11.2. The number of aromatic nitrogens is 1. The summed E-state index contributed by atoms with van der Waals surface area (Å²) in [5.74, 6) is 0.141. The molecule has 2 aromatic rings. The minimum atomic E-state index is -2.95. The number of hydrogen-bond acceptors (Lipinski definition) is 4. The van der Waals surface area contributed by atoms with E-state index in [0.29, 0.717) is 18.2 Å². The number of sulfone groups is 1. The van der Waals surface area contributed by atoms with Crippen molar-refractivity contribution in [1.82, 2.24) is 9.88 Å². The van der Waals surface area contributed by atoms with Crippen molar-refractivity contribution in [2.45, 2.75) is 6.54 Å². The Morgan fingerprint density at radius 1 is 1.30 bits per heavy atom. The van der Waals surface area contributed by atoms with Gasteiger partial charge in [0.15, 0.2) is 0 Å². The highest BCUT2D eigenvalue weighted by Crippen LogP contribution is 2.21. The van der Waals surface area contributed by atoms with Crippen LogP contribution in [0.1, 0.15) is 5.56 Å². The highest BCUT2D eigenvalue weighted by atomic mass is 35.5. The summed E-state index contributed by atoms with van der Waals surface area (Å²) in [6, 6.07) is 9.78. The Bertz CT molecular complexity index is 716. The lowest BCUT2D eigenvalue weighted by atomic mass is 10.1. The fourth-order valence-electron chi connectivity index (χ4n) is 1.94. The summed E-state index contributed by atoms with van der Waals surface area (Å²) in [4.78, 5) is 6.29. The van der Waals surface area contributed by atoms with Crippen LogP contribution >= 0.6 is 11.6 Å². The van der Waals surface area contributed by atoms with Crippen LogP contribution in [0.15, 0.2) is 30.3 Å². The average Bonchev–Trinajstić information content (AvgIpc) is 2.36. The van der Waals surface area contributed by atoms with E-state index in [4.69, 9.17) is 11.6 Å². The summed E-state index contributed by atoms with van der Waals surface area (Å²) in [6.07, 6.45) is 1.24. The third kappa shape index (κ3) is 4.16. The predicted octanol–water partition coefficient (Wildman–Crippen LogP) is 2.36. The topological polar surface area (TPSA) is 50.3 Å². The van der Waals surface area contributed by atoms with Gasteiger partial charge in [-0.15, -0.1) is 0 Å². The maximum Gasteiger partial charge on any atom is 0.148 e. The van der Waals surface area contributed by atoms with Gasteiger partial charge in [-0.1, -0.05) is 29.8 Å². The van der Waals surface area contributed by atoms with Gasteiger partial charge in [0.05, 0.1) is 11.3 Å². The van der Waals surface area contributed by atoms with Crippen LogP contribution in [0, 0.1) is 0 Å². The number of rotatable bonds is 5. The average molecular weight is 313 g/mol. The van der Waals surface area contributed by atoms with E-state index < -0.39 is 9.84 Å². The van der Waals surface area contributed by atoms with E-state index in [9.17, 15) is 8.42 Å². The van der Waals surface area contributed by atoms with Crippen molar-refractivity contribution in [3.63, 3.8) is 0 Å². The highest BCUT2D eigenvalue weighted by Gasteiger charge is 2.10. The molecule has 1 aromatic carbocycles. The Kier molecular flexibility index (Phi) is 4.62. The maximum absolute atomic E-state index is 11.2. The third-order valence-corrected chi connectivity index (χ3v) is 4.29. The molecule has 0 bridgehead atoms. The molecule has 0 spiro atoms. The molecule has 108 valence electrons. The van der Waals surface area contributed by atoms with Gasteiger partial charge in [-0.3, -0.25) is 0 Å². The monoisotopic (exact) mass is 312 g/mol. The Morgan fingerprint density at radius 2 is 2.00 bits per heavy atom. The van der Waals surface area contributed by atoms with Crippen LogP contribution in [-0.4, -0.2) is 43.9 Å². The number of pyridine rings is 1. The van der Waals surface area contributed by atoms with Gasteiger partial charge in [0.2, 0.25) is 0 Å². The van der Waals surface area contributed by atoms with Crippen molar-refractivity contribution < 1.29 is 8.42 Å². The first-order valence-corrected chi connectivity index (χ1v) is 8.69. The smallest absolute Gasteiger partial charge is 0.148 e. The number of benzene rings is 1. The summed E-state index contributed by atoms with van der Waals surface area (Å²) < 4.78 is 22.3. The number of hydrogen-bond donors (Lipinski definition) is 0. The second kappa shape index (κ2) is 6.08. The number of halogens is 1. The number of fused-ring (bicyclic) bond motifs is 1. The van der Waals surface area contributed by atoms with Gasteiger partial charge in [-0.2, -0.15) is 0 Å². The first-order valence-electron chi connectivity index (χ1n) is 6.25. The van der Waals surface area contributed by atoms with Gasteiger partial charge >= 0.3 is 0 Å². The minimum Gasteiger partial charge on any atom is -0.301 e. The summed E-state index contributed by atoms with van der Waals surface area (Å²) in [5, 5.41) is 1.50. The zero-order valence-electron chi connectivity index (χ0n) is 11.5. The van der Waals surface area contributed by atoms with E-state index in [-0.39, 0.29) is 5.75 Å². The molecule has 6 heteroatoms. The van der Waals surface area contributed by atoms with Gasteiger partial charge in [0.25, 0.3) is 0 Å².